The molecule has 7 heteroatoms. The zero-order valence-electron chi connectivity index (χ0n) is 11.0. The Morgan fingerprint density at radius 3 is 2.52 bits per heavy atom. The Kier molecular flexibility index (Phi) is 3.23. The van der Waals surface area contributed by atoms with Crippen molar-refractivity contribution in [3.63, 3.8) is 0 Å². The van der Waals surface area contributed by atoms with E-state index in [9.17, 15) is 9.90 Å². The lowest BCUT2D eigenvalue weighted by atomic mass is 10.1. The van der Waals surface area contributed by atoms with Gasteiger partial charge in [0.15, 0.2) is 0 Å². The standard InChI is InChI=1S/C14H11ClN4O2/c1-19-7-9(6-16-19)12-17-13(20)11(14(21)18-12)8-2-4-10(15)5-3-8/h2-7H,1H3,(H2,17,18,20,21). The highest BCUT2D eigenvalue weighted by atomic mass is 35.5. The predicted molar refractivity (Wildman–Crippen MR) is 79.2 cm³/mol. The fourth-order valence-corrected chi connectivity index (χ4v) is 2.14. The van der Waals surface area contributed by atoms with Crippen LogP contribution in [0, 0.1) is 0 Å². The van der Waals surface area contributed by atoms with E-state index in [1.54, 1.807) is 48.4 Å². The lowest BCUT2D eigenvalue weighted by Gasteiger charge is -2.05. The van der Waals surface area contributed by atoms with Crippen molar-refractivity contribution in [1.29, 1.82) is 0 Å². The van der Waals surface area contributed by atoms with Gasteiger partial charge in [-0.3, -0.25) is 9.48 Å². The second-order valence-electron chi connectivity index (χ2n) is 4.52. The maximum atomic E-state index is 12.2. The topological polar surface area (TPSA) is 83.8 Å². The maximum absolute atomic E-state index is 12.2. The number of aromatic hydroxyl groups is 1. The zero-order valence-corrected chi connectivity index (χ0v) is 11.8. The van der Waals surface area contributed by atoms with Crippen molar-refractivity contribution in [2.75, 3.05) is 0 Å². The molecule has 0 fully saturated rings. The normalized spacial score (nSPS) is 10.8. The lowest BCUT2D eigenvalue weighted by Crippen LogP contribution is -2.11. The minimum atomic E-state index is -0.427. The SMILES string of the molecule is Cn1cc(-c2nc(O)c(-c3ccc(Cl)cc3)c(=O)[nH]2)cn1. The highest BCUT2D eigenvalue weighted by Crippen LogP contribution is 2.26. The lowest BCUT2D eigenvalue weighted by molar-refractivity contribution is 0.454. The summed E-state index contributed by atoms with van der Waals surface area (Å²) in [7, 11) is 1.75. The number of aromatic nitrogens is 4. The summed E-state index contributed by atoms with van der Waals surface area (Å²) in [4.78, 5) is 18.9. The minimum Gasteiger partial charge on any atom is -0.493 e. The van der Waals surface area contributed by atoms with E-state index in [-0.39, 0.29) is 17.3 Å². The molecule has 2 aromatic heterocycles. The third-order valence-corrected chi connectivity index (χ3v) is 3.26. The smallest absolute Gasteiger partial charge is 0.262 e. The van der Waals surface area contributed by atoms with E-state index < -0.39 is 5.56 Å². The highest BCUT2D eigenvalue weighted by molar-refractivity contribution is 6.30. The Bertz CT molecular complexity index is 852. The molecule has 1 aromatic carbocycles. The zero-order chi connectivity index (χ0) is 15.0. The first-order valence-corrected chi connectivity index (χ1v) is 6.50. The minimum absolute atomic E-state index is 0.110. The van der Waals surface area contributed by atoms with Crippen molar-refractivity contribution < 1.29 is 5.11 Å². The third kappa shape index (κ3) is 2.53. The van der Waals surface area contributed by atoms with Crippen LogP contribution in [0.5, 0.6) is 5.88 Å². The van der Waals surface area contributed by atoms with Crippen LogP contribution in [0.4, 0.5) is 0 Å². The van der Waals surface area contributed by atoms with E-state index in [2.05, 4.69) is 15.1 Å². The molecule has 0 aliphatic heterocycles. The number of hydrogen-bond acceptors (Lipinski definition) is 4. The molecule has 0 aliphatic rings. The predicted octanol–water partition coefficient (Wildman–Crippen LogP) is 2.20. The quantitative estimate of drug-likeness (QED) is 0.760. The first kappa shape index (κ1) is 13.4. The Hall–Kier alpha value is -2.60. The average Bonchev–Trinajstić information content (AvgIpc) is 2.87. The van der Waals surface area contributed by atoms with Crippen LogP contribution in [0.25, 0.3) is 22.5 Å². The van der Waals surface area contributed by atoms with E-state index in [0.717, 1.165) is 0 Å². The number of aryl methyl sites for hydroxylation is 1. The molecule has 0 atom stereocenters. The fraction of sp³-hybridized carbons (Fsp3) is 0.0714. The second kappa shape index (κ2) is 5.06. The van der Waals surface area contributed by atoms with E-state index >= 15 is 0 Å². The van der Waals surface area contributed by atoms with Crippen LogP contribution in [-0.2, 0) is 7.05 Å². The number of H-pyrrole nitrogens is 1. The van der Waals surface area contributed by atoms with Crippen LogP contribution in [0.1, 0.15) is 0 Å². The van der Waals surface area contributed by atoms with Gasteiger partial charge in [-0.25, -0.2) is 0 Å². The molecule has 2 N–H and O–H groups in total. The maximum Gasteiger partial charge on any atom is 0.262 e. The van der Waals surface area contributed by atoms with E-state index in [4.69, 9.17) is 11.6 Å². The van der Waals surface area contributed by atoms with Crippen molar-refractivity contribution in [3.05, 3.63) is 52.0 Å². The monoisotopic (exact) mass is 302 g/mol. The molecule has 3 rings (SSSR count). The van der Waals surface area contributed by atoms with Crippen molar-refractivity contribution >= 4 is 11.6 Å². The molecule has 0 bridgehead atoms. The largest absolute Gasteiger partial charge is 0.493 e. The summed E-state index contributed by atoms with van der Waals surface area (Å²) in [6.45, 7) is 0. The molecule has 0 aliphatic carbocycles. The first-order chi connectivity index (χ1) is 10.0. The van der Waals surface area contributed by atoms with Crippen molar-refractivity contribution in [3.8, 4) is 28.4 Å². The number of nitrogens with one attached hydrogen (secondary N) is 1. The van der Waals surface area contributed by atoms with Gasteiger partial charge in [0.2, 0.25) is 5.88 Å². The summed E-state index contributed by atoms with van der Waals surface area (Å²) in [6.07, 6.45) is 3.25. The fourth-order valence-electron chi connectivity index (χ4n) is 2.02. The number of hydrogen-bond donors (Lipinski definition) is 2. The number of benzene rings is 1. The number of nitrogens with zero attached hydrogens (tertiary/aromatic N) is 3. The van der Waals surface area contributed by atoms with Crippen molar-refractivity contribution in [1.82, 2.24) is 19.7 Å². The molecule has 3 aromatic rings. The van der Waals surface area contributed by atoms with Crippen LogP contribution in [0.3, 0.4) is 0 Å². The van der Waals surface area contributed by atoms with Crippen LogP contribution in [0.15, 0.2) is 41.5 Å². The van der Waals surface area contributed by atoms with E-state index in [1.165, 1.54) is 0 Å². The van der Waals surface area contributed by atoms with Crippen molar-refractivity contribution in [2.45, 2.75) is 0 Å². The molecular formula is C14H11ClN4O2. The van der Waals surface area contributed by atoms with Gasteiger partial charge in [0.1, 0.15) is 11.4 Å². The van der Waals surface area contributed by atoms with Gasteiger partial charge in [-0.2, -0.15) is 10.1 Å². The van der Waals surface area contributed by atoms with Gasteiger partial charge in [-0.05, 0) is 17.7 Å². The van der Waals surface area contributed by atoms with Gasteiger partial charge in [0, 0.05) is 18.3 Å². The molecule has 2 heterocycles. The number of aromatic amines is 1. The summed E-state index contributed by atoms with van der Waals surface area (Å²) >= 11 is 5.81. The van der Waals surface area contributed by atoms with Crippen LogP contribution in [-0.4, -0.2) is 24.9 Å². The van der Waals surface area contributed by atoms with E-state index in [0.29, 0.717) is 16.1 Å². The summed E-state index contributed by atoms with van der Waals surface area (Å²) in [6, 6.07) is 6.59. The highest BCUT2D eigenvalue weighted by Gasteiger charge is 2.14. The third-order valence-electron chi connectivity index (χ3n) is 3.01. The van der Waals surface area contributed by atoms with Gasteiger partial charge < -0.3 is 10.1 Å². The Morgan fingerprint density at radius 2 is 1.95 bits per heavy atom. The molecule has 0 amide bonds. The van der Waals surface area contributed by atoms with Crippen molar-refractivity contribution in [2.24, 2.45) is 7.05 Å². The summed E-state index contributed by atoms with van der Waals surface area (Å²) in [5.74, 6) is -0.0664. The first-order valence-electron chi connectivity index (χ1n) is 6.13. The van der Waals surface area contributed by atoms with Crippen LogP contribution >= 0.6 is 11.6 Å². The van der Waals surface area contributed by atoms with Gasteiger partial charge in [-0.1, -0.05) is 23.7 Å². The van der Waals surface area contributed by atoms with Gasteiger partial charge in [-0.15, -0.1) is 0 Å². The van der Waals surface area contributed by atoms with E-state index in [1.807, 2.05) is 0 Å². The van der Waals surface area contributed by atoms with Gasteiger partial charge >= 0.3 is 0 Å². The Labute approximate surface area is 124 Å². The molecule has 106 valence electrons. The Balaban J connectivity index is 2.12. The van der Waals surface area contributed by atoms with Crippen LogP contribution in [0.2, 0.25) is 5.02 Å². The second-order valence-corrected chi connectivity index (χ2v) is 4.96. The molecule has 0 spiro atoms. The molecule has 0 unspecified atom stereocenters. The summed E-state index contributed by atoms with van der Waals surface area (Å²) in [5, 5.41) is 14.6. The Morgan fingerprint density at radius 1 is 1.24 bits per heavy atom. The molecule has 21 heavy (non-hydrogen) atoms. The molecule has 0 saturated carbocycles. The van der Waals surface area contributed by atoms with Gasteiger partial charge in [0.05, 0.1) is 11.8 Å². The molecule has 6 nitrogen and oxygen atoms in total. The van der Waals surface area contributed by atoms with Gasteiger partial charge in [0.25, 0.3) is 5.56 Å². The van der Waals surface area contributed by atoms with Crippen LogP contribution < -0.4 is 5.56 Å². The average molecular weight is 303 g/mol. The molecular weight excluding hydrogens is 292 g/mol. The summed E-state index contributed by atoms with van der Waals surface area (Å²) < 4.78 is 1.58. The number of halogens is 1. The number of rotatable bonds is 2. The molecule has 0 saturated heterocycles. The molecule has 0 radical (unpaired) electrons. The summed E-state index contributed by atoms with van der Waals surface area (Å²) in [5.41, 5.74) is 0.846.